The highest BCUT2D eigenvalue weighted by Gasteiger charge is 2.21. The fourth-order valence-electron chi connectivity index (χ4n) is 3.07. The normalized spacial score (nSPS) is 12.3. The number of aryl methyl sites for hydroxylation is 3. The minimum atomic E-state index is -0.559. The summed E-state index contributed by atoms with van der Waals surface area (Å²) in [6.45, 7) is 3.59. The number of carbonyl (C=O) groups excluding carboxylic acids is 1. The smallest absolute Gasteiger partial charge is 0.332 e. The van der Waals surface area contributed by atoms with Gasteiger partial charge in [-0.05, 0) is 19.4 Å². The van der Waals surface area contributed by atoms with Crippen LogP contribution in [0, 0.1) is 6.92 Å². The second kappa shape index (κ2) is 6.86. The Hall–Kier alpha value is -3.16. The monoisotopic (exact) mass is 369 g/mol. The summed E-state index contributed by atoms with van der Waals surface area (Å²) >= 11 is 0. The first-order valence-corrected chi connectivity index (χ1v) is 8.65. The molecule has 0 fully saturated rings. The van der Waals surface area contributed by atoms with Gasteiger partial charge in [0, 0.05) is 21.1 Å². The number of carbonyl (C=O) groups is 1. The molecule has 2 aromatic heterocycles. The summed E-state index contributed by atoms with van der Waals surface area (Å²) in [4.78, 5) is 43.7. The largest absolute Gasteiger partial charge is 0.337 e. The van der Waals surface area contributed by atoms with Crippen LogP contribution in [-0.2, 0) is 25.4 Å². The number of likely N-dealkylation sites (N-methyl/N-ethyl adjacent to an activating group) is 1. The average Bonchev–Trinajstić information content (AvgIpc) is 3.04. The van der Waals surface area contributed by atoms with Gasteiger partial charge in [0.1, 0.15) is 6.54 Å². The number of fused-ring (bicyclic) bond motifs is 1. The van der Waals surface area contributed by atoms with Crippen LogP contribution in [0.3, 0.4) is 0 Å². The minimum Gasteiger partial charge on any atom is -0.337 e. The van der Waals surface area contributed by atoms with Gasteiger partial charge < -0.3 is 9.47 Å². The highest BCUT2D eigenvalue weighted by molar-refractivity contribution is 5.77. The Morgan fingerprint density at radius 3 is 2.44 bits per heavy atom. The van der Waals surface area contributed by atoms with Crippen LogP contribution in [0.25, 0.3) is 11.2 Å². The van der Waals surface area contributed by atoms with Crippen LogP contribution >= 0.6 is 0 Å². The van der Waals surface area contributed by atoms with Crippen molar-refractivity contribution in [3.05, 3.63) is 62.6 Å². The Kier molecular flexibility index (Phi) is 4.73. The zero-order valence-electron chi connectivity index (χ0n) is 16.1. The summed E-state index contributed by atoms with van der Waals surface area (Å²) in [7, 11) is 4.89. The first-order chi connectivity index (χ1) is 12.7. The molecule has 2 heterocycles. The van der Waals surface area contributed by atoms with Gasteiger partial charge in [-0.15, -0.1) is 0 Å². The average molecular weight is 369 g/mol. The van der Waals surface area contributed by atoms with E-state index in [1.54, 1.807) is 23.6 Å². The number of aromatic nitrogens is 4. The van der Waals surface area contributed by atoms with Gasteiger partial charge in [-0.1, -0.05) is 29.8 Å². The Labute approximate surface area is 156 Å². The van der Waals surface area contributed by atoms with E-state index in [1.165, 1.54) is 17.9 Å². The third-order valence-electron chi connectivity index (χ3n) is 5.03. The van der Waals surface area contributed by atoms with Gasteiger partial charge in [0.2, 0.25) is 5.91 Å². The minimum absolute atomic E-state index is 0.182. The van der Waals surface area contributed by atoms with Crippen molar-refractivity contribution in [3.63, 3.8) is 0 Å². The number of amides is 1. The van der Waals surface area contributed by atoms with E-state index in [4.69, 9.17) is 0 Å². The lowest BCUT2D eigenvalue weighted by Crippen LogP contribution is -2.44. The maximum Gasteiger partial charge on any atom is 0.332 e. The molecule has 0 saturated carbocycles. The van der Waals surface area contributed by atoms with Crippen LogP contribution in [0.2, 0.25) is 0 Å². The molecule has 3 aromatic rings. The molecule has 0 aliphatic heterocycles. The Morgan fingerprint density at radius 1 is 1.19 bits per heavy atom. The highest BCUT2D eigenvalue weighted by Crippen LogP contribution is 2.19. The van der Waals surface area contributed by atoms with Crippen molar-refractivity contribution in [2.24, 2.45) is 14.1 Å². The van der Waals surface area contributed by atoms with Crippen LogP contribution < -0.4 is 11.2 Å². The Bertz CT molecular complexity index is 1120. The molecule has 1 atom stereocenters. The van der Waals surface area contributed by atoms with Crippen molar-refractivity contribution in [1.82, 2.24) is 23.6 Å². The fourth-order valence-corrected chi connectivity index (χ4v) is 3.07. The van der Waals surface area contributed by atoms with Crippen molar-refractivity contribution in [1.29, 1.82) is 0 Å². The molecule has 0 saturated heterocycles. The predicted molar refractivity (Wildman–Crippen MR) is 103 cm³/mol. The third kappa shape index (κ3) is 3.18. The van der Waals surface area contributed by atoms with Crippen LogP contribution in [-0.4, -0.2) is 36.5 Å². The molecule has 8 heteroatoms. The quantitative estimate of drug-likeness (QED) is 0.686. The maximum absolute atomic E-state index is 12.8. The number of hydrogen-bond donors (Lipinski definition) is 0. The predicted octanol–water partition coefficient (Wildman–Crippen LogP) is 0.962. The van der Waals surface area contributed by atoms with Crippen molar-refractivity contribution < 1.29 is 4.79 Å². The molecule has 142 valence electrons. The topological polar surface area (TPSA) is 82.1 Å². The Morgan fingerprint density at radius 2 is 1.81 bits per heavy atom. The lowest BCUT2D eigenvalue weighted by Gasteiger charge is -2.25. The zero-order valence-corrected chi connectivity index (χ0v) is 16.1. The molecule has 0 radical (unpaired) electrons. The first kappa shape index (κ1) is 18.6. The standard InChI is InChI=1S/C19H23N5O3/c1-12-6-8-14(9-7-12)13(2)22(4)15(25)10-24-18(26)16-17(20-11-21(16)3)23(5)19(24)27/h6-9,11,13H,10H2,1-5H3. The van der Waals surface area contributed by atoms with Crippen molar-refractivity contribution in [2.75, 3.05) is 7.05 Å². The number of rotatable bonds is 4. The summed E-state index contributed by atoms with van der Waals surface area (Å²) in [6.07, 6.45) is 1.48. The number of nitrogens with zero attached hydrogens (tertiary/aromatic N) is 5. The van der Waals surface area contributed by atoms with Gasteiger partial charge in [0.25, 0.3) is 5.56 Å². The molecule has 1 aromatic carbocycles. The molecule has 0 aliphatic rings. The first-order valence-electron chi connectivity index (χ1n) is 8.65. The molecule has 1 amide bonds. The molecule has 27 heavy (non-hydrogen) atoms. The van der Waals surface area contributed by atoms with Gasteiger partial charge in [0.15, 0.2) is 11.2 Å². The number of benzene rings is 1. The fraction of sp³-hybridized carbons (Fsp3) is 0.368. The van der Waals surface area contributed by atoms with Gasteiger partial charge in [-0.3, -0.25) is 14.2 Å². The highest BCUT2D eigenvalue weighted by atomic mass is 16.2. The second-order valence-corrected chi connectivity index (χ2v) is 6.85. The van der Waals surface area contributed by atoms with Crippen LogP contribution in [0.15, 0.2) is 40.2 Å². The molecule has 1 unspecified atom stereocenters. The van der Waals surface area contributed by atoms with Gasteiger partial charge in [-0.2, -0.15) is 0 Å². The molecule has 8 nitrogen and oxygen atoms in total. The molecule has 0 bridgehead atoms. The van der Waals surface area contributed by atoms with Gasteiger partial charge in [0.05, 0.1) is 12.4 Å². The Balaban J connectivity index is 1.94. The number of imidazole rings is 1. The van der Waals surface area contributed by atoms with E-state index >= 15 is 0 Å². The van der Waals surface area contributed by atoms with Gasteiger partial charge >= 0.3 is 5.69 Å². The summed E-state index contributed by atoms with van der Waals surface area (Å²) < 4.78 is 3.80. The van der Waals surface area contributed by atoms with E-state index in [0.29, 0.717) is 11.2 Å². The van der Waals surface area contributed by atoms with Crippen LogP contribution in [0.1, 0.15) is 24.1 Å². The summed E-state index contributed by atoms with van der Waals surface area (Å²) in [5, 5.41) is 0. The summed E-state index contributed by atoms with van der Waals surface area (Å²) in [5.41, 5.74) is 1.64. The molecule has 0 N–H and O–H groups in total. The molecule has 3 rings (SSSR count). The summed E-state index contributed by atoms with van der Waals surface area (Å²) in [5.74, 6) is -0.316. The van der Waals surface area contributed by atoms with E-state index in [2.05, 4.69) is 4.98 Å². The van der Waals surface area contributed by atoms with Gasteiger partial charge in [-0.25, -0.2) is 14.3 Å². The lowest BCUT2D eigenvalue weighted by atomic mass is 10.1. The van der Waals surface area contributed by atoms with Crippen LogP contribution in [0.5, 0.6) is 0 Å². The SMILES string of the molecule is Cc1ccc(C(C)N(C)C(=O)Cn2c(=O)c3c(ncn3C)n(C)c2=O)cc1. The maximum atomic E-state index is 12.8. The third-order valence-corrected chi connectivity index (χ3v) is 5.03. The van der Waals surface area contributed by atoms with Crippen molar-refractivity contribution >= 4 is 17.1 Å². The molecular weight excluding hydrogens is 346 g/mol. The second-order valence-electron chi connectivity index (χ2n) is 6.85. The molecular formula is C19H23N5O3. The van der Waals surface area contributed by atoms with Crippen molar-refractivity contribution in [3.8, 4) is 0 Å². The lowest BCUT2D eigenvalue weighted by molar-refractivity contribution is -0.132. The number of hydrogen-bond acceptors (Lipinski definition) is 4. The molecule has 0 spiro atoms. The van der Waals surface area contributed by atoms with E-state index in [9.17, 15) is 14.4 Å². The van der Waals surface area contributed by atoms with E-state index in [-0.39, 0.29) is 18.5 Å². The van der Waals surface area contributed by atoms with E-state index in [0.717, 1.165) is 15.7 Å². The van der Waals surface area contributed by atoms with Crippen LogP contribution in [0.4, 0.5) is 0 Å². The molecule has 0 aliphatic carbocycles. The zero-order chi connectivity index (χ0) is 19.9. The summed E-state index contributed by atoms with van der Waals surface area (Å²) in [6, 6.07) is 7.73. The van der Waals surface area contributed by atoms with Crippen molar-refractivity contribution in [2.45, 2.75) is 26.4 Å². The van der Waals surface area contributed by atoms with E-state index in [1.807, 2.05) is 38.1 Å². The van der Waals surface area contributed by atoms with E-state index < -0.39 is 11.2 Å².